The SMILES string of the molecule is O=C(O)N1CCC(NS(=O)(=O)c2ccccc2Br)CC1. The molecule has 110 valence electrons. The van der Waals surface area contributed by atoms with Crippen molar-refractivity contribution in [2.24, 2.45) is 0 Å². The van der Waals surface area contributed by atoms with Gasteiger partial charge in [0.05, 0.1) is 4.90 Å². The van der Waals surface area contributed by atoms with Crippen molar-refractivity contribution in [2.75, 3.05) is 13.1 Å². The van der Waals surface area contributed by atoms with Crippen LogP contribution >= 0.6 is 15.9 Å². The standard InChI is InChI=1S/C12H15BrN2O4S/c13-10-3-1-2-4-11(10)20(18,19)14-9-5-7-15(8-6-9)12(16)17/h1-4,9,14H,5-8H2,(H,16,17). The topological polar surface area (TPSA) is 86.7 Å². The summed E-state index contributed by atoms with van der Waals surface area (Å²) in [4.78, 5) is 12.3. The Labute approximate surface area is 126 Å². The number of sulfonamides is 1. The summed E-state index contributed by atoms with van der Waals surface area (Å²) >= 11 is 3.22. The molecule has 2 rings (SSSR count). The number of hydrogen-bond acceptors (Lipinski definition) is 3. The highest BCUT2D eigenvalue weighted by Gasteiger charge is 2.27. The highest BCUT2D eigenvalue weighted by Crippen LogP contribution is 2.22. The number of nitrogens with zero attached hydrogens (tertiary/aromatic N) is 1. The average molecular weight is 363 g/mol. The summed E-state index contributed by atoms with van der Waals surface area (Å²) in [5.74, 6) is 0. The fourth-order valence-electron chi connectivity index (χ4n) is 2.13. The number of amides is 1. The van der Waals surface area contributed by atoms with Gasteiger partial charge in [0.25, 0.3) is 0 Å². The Morgan fingerprint density at radius 2 is 1.90 bits per heavy atom. The molecule has 0 atom stereocenters. The molecule has 0 aromatic heterocycles. The van der Waals surface area contributed by atoms with Crippen LogP contribution in [-0.2, 0) is 10.0 Å². The van der Waals surface area contributed by atoms with Gasteiger partial charge in [-0.15, -0.1) is 0 Å². The van der Waals surface area contributed by atoms with Crippen molar-refractivity contribution in [3.63, 3.8) is 0 Å². The summed E-state index contributed by atoms with van der Waals surface area (Å²) < 4.78 is 27.7. The maximum absolute atomic E-state index is 12.3. The molecule has 1 aromatic carbocycles. The number of hydrogen-bond donors (Lipinski definition) is 2. The number of benzene rings is 1. The van der Waals surface area contributed by atoms with Crippen molar-refractivity contribution in [2.45, 2.75) is 23.8 Å². The summed E-state index contributed by atoms with van der Waals surface area (Å²) in [7, 11) is -3.59. The smallest absolute Gasteiger partial charge is 0.407 e. The normalized spacial score (nSPS) is 17.1. The highest BCUT2D eigenvalue weighted by atomic mass is 79.9. The summed E-state index contributed by atoms with van der Waals surface area (Å²) in [6.07, 6.45) is 0.00324. The zero-order valence-electron chi connectivity index (χ0n) is 10.6. The largest absolute Gasteiger partial charge is 0.465 e. The average Bonchev–Trinajstić information content (AvgIpc) is 2.39. The van der Waals surface area contributed by atoms with Crippen LogP contribution in [0, 0.1) is 0 Å². The lowest BCUT2D eigenvalue weighted by Gasteiger charge is -2.30. The van der Waals surface area contributed by atoms with Crippen molar-refractivity contribution in [3.05, 3.63) is 28.7 Å². The molecule has 0 unspecified atom stereocenters. The van der Waals surface area contributed by atoms with Gasteiger partial charge < -0.3 is 10.0 Å². The van der Waals surface area contributed by atoms with Crippen molar-refractivity contribution >= 4 is 32.0 Å². The lowest BCUT2D eigenvalue weighted by Crippen LogP contribution is -2.46. The third kappa shape index (κ3) is 3.50. The number of piperidine rings is 1. The van der Waals surface area contributed by atoms with E-state index in [9.17, 15) is 13.2 Å². The number of likely N-dealkylation sites (tertiary alicyclic amines) is 1. The van der Waals surface area contributed by atoms with Gasteiger partial charge in [-0.2, -0.15) is 0 Å². The van der Waals surface area contributed by atoms with Crippen LogP contribution in [0.15, 0.2) is 33.6 Å². The van der Waals surface area contributed by atoms with Gasteiger partial charge in [-0.1, -0.05) is 12.1 Å². The van der Waals surface area contributed by atoms with E-state index in [0.29, 0.717) is 30.4 Å². The quantitative estimate of drug-likeness (QED) is 0.859. The second kappa shape index (κ2) is 6.11. The summed E-state index contributed by atoms with van der Waals surface area (Å²) in [6.45, 7) is 0.691. The molecule has 0 radical (unpaired) electrons. The van der Waals surface area contributed by atoms with E-state index in [4.69, 9.17) is 5.11 Å². The molecule has 1 fully saturated rings. The van der Waals surface area contributed by atoms with Gasteiger partial charge in [0.2, 0.25) is 10.0 Å². The fourth-order valence-corrected chi connectivity index (χ4v) is 4.44. The Balaban J connectivity index is 2.04. The first-order valence-electron chi connectivity index (χ1n) is 6.15. The van der Waals surface area contributed by atoms with E-state index in [-0.39, 0.29) is 10.9 Å². The van der Waals surface area contributed by atoms with E-state index in [1.54, 1.807) is 18.2 Å². The Bertz CT molecular complexity index is 597. The third-order valence-electron chi connectivity index (χ3n) is 3.21. The van der Waals surface area contributed by atoms with Crippen LogP contribution in [-0.4, -0.2) is 43.6 Å². The molecule has 0 bridgehead atoms. The number of carbonyl (C=O) groups is 1. The molecule has 0 saturated carbocycles. The molecule has 1 aliphatic heterocycles. The van der Waals surface area contributed by atoms with E-state index in [1.165, 1.54) is 11.0 Å². The molecule has 8 heteroatoms. The number of nitrogens with one attached hydrogen (secondary N) is 1. The van der Waals surface area contributed by atoms with Crippen LogP contribution in [0.25, 0.3) is 0 Å². The van der Waals surface area contributed by atoms with Gasteiger partial charge >= 0.3 is 6.09 Å². The molecular weight excluding hydrogens is 348 g/mol. The maximum Gasteiger partial charge on any atom is 0.407 e. The van der Waals surface area contributed by atoms with Gasteiger partial charge in [0.1, 0.15) is 0 Å². The molecule has 1 heterocycles. The van der Waals surface area contributed by atoms with Crippen molar-refractivity contribution in [1.29, 1.82) is 0 Å². The Kier molecular flexibility index (Phi) is 4.66. The molecule has 1 amide bonds. The van der Waals surface area contributed by atoms with E-state index in [2.05, 4.69) is 20.7 Å². The fraction of sp³-hybridized carbons (Fsp3) is 0.417. The lowest BCUT2D eigenvalue weighted by molar-refractivity contribution is 0.131. The molecule has 20 heavy (non-hydrogen) atoms. The molecule has 1 aliphatic rings. The first-order valence-corrected chi connectivity index (χ1v) is 8.42. The van der Waals surface area contributed by atoms with Crippen molar-refractivity contribution in [1.82, 2.24) is 9.62 Å². The Hall–Kier alpha value is -1.12. The number of halogens is 1. The van der Waals surface area contributed by atoms with Gasteiger partial charge in [-0.05, 0) is 40.9 Å². The highest BCUT2D eigenvalue weighted by molar-refractivity contribution is 9.10. The van der Waals surface area contributed by atoms with Crippen molar-refractivity contribution in [3.8, 4) is 0 Å². The molecular formula is C12H15BrN2O4S. The summed E-state index contributed by atoms with van der Waals surface area (Å²) in [6, 6.07) is 6.36. The molecule has 6 nitrogen and oxygen atoms in total. The number of rotatable bonds is 3. The van der Waals surface area contributed by atoms with Gasteiger partial charge in [-0.25, -0.2) is 17.9 Å². The van der Waals surface area contributed by atoms with E-state index < -0.39 is 16.1 Å². The Morgan fingerprint density at radius 1 is 1.30 bits per heavy atom. The first-order chi connectivity index (χ1) is 9.40. The lowest BCUT2D eigenvalue weighted by atomic mass is 10.1. The first kappa shape index (κ1) is 15.3. The zero-order valence-corrected chi connectivity index (χ0v) is 13.0. The minimum absolute atomic E-state index is 0.195. The number of carboxylic acid groups (broad SMARTS) is 1. The monoisotopic (exact) mass is 362 g/mol. The van der Waals surface area contributed by atoms with Crippen LogP contribution in [0.2, 0.25) is 0 Å². The summed E-state index contributed by atoms with van der Waals surface area (Å²) in [5.41, 5.74) is 0. The van der Waals surface area contributed by atoms with E-state index >= 15 is 0 Å². The van der Waals surface area contributed by atoms with Gasteiger partial charge in [-0.3, -0.25) is 0 Å². The van der Waals surface area contributed by atoms with E-state index in [0.717, 1.165) is 0 Å². The molecule has 1 aromatic rings. The minimum atomic E-state index is -3.59. The predicted molar refractivity (Wildman–Crippen MR) is 77.1 cm³/mol. The Morgan fingerprint density at radius 3 is 2.45 bits per heavy atom. The van der Waals surface area contributed by atoms with Gasteiger partial charge in [0, 0.05) is 23.6 Å². The van der Waals surface area contributed by atoms with E-state index in [1.807, 2.05) is 0 Å². The molecule has 1 saturated heterocycles. The van der Waals surface area contributed by atoms with Crippen LogP contribution in [0.1, 0.15) is 12.8 Å². The summed E-state index contributed by atoms with van der Waals surface area (Å²) in [5, 5.41) is 8.85. The minimum Gasteiger partial charge on any atom is -0.465 e. The maximum atomic E-state index is 12.3. The molecule has 0 spiro atoms. The molecule has 2 N–H and O–H groups in total. The predicted octanol–water partition coefficient (Wildman–Crippen LogP) is 1.87. The van der Waals surface area contributed by atoms with Crippen LogP contribution in [0.5, 0.6) is 0 Å². The zero-order chi connectivity index (χ0) is 14.8. The molecule has 0 aliphatic carbocycles. The second-order valence-electron chi connectivity index (χ2n) is 4.60. The van der Waals surface area contributed by atoms with Crippen LogP contribution < -0.4 is 4.72 Å². The second-order valence-corrected chi connectivity index (χ2v) is 7.13. The van der Waals surface area contributed by atoms with Crippen LogP contribution in [0.3, 0.4) is 0 Å². The van der Waals surface area contributed by atoms with Crippen molar-refractivity contribution < 1.29 is 18.3 Å². The third-order valence-corrected chi connectivity index (χ3v) is 5.75. The van der Waals surface area contributed by atoms with Crippen LogP contribution in [0.4, 0.5) is 4.79 Å². The van der Waals surface area contributed by atoms with Gasteiger partial charge in [0.15, 0.2) is 0 Å².